The summed E-state index contributed by atoms with van der Waals surface area (Å²) in [6.45, 7) is 1.01. The van der Waals surface area contributed by atoms with Gasteiger partial charge in [-0.15, -0.1) is 11.8 Å². The minimum atomic E-state index is -0.490. The molecule has 0 aliphatic heterocycles. The minimum Gasteiger partial charge on any atom is -0.350 e. The molecule has 0 aliphatic rings. The van der Waals surface area contributed by atoms with Crippen LogP contribution in [0.2, 0.25) is 10.0 Å². The van der Waals surface area contributed by atoms with Gasteiger partial charge in [0.2, 0.25) is 0 Å². The molecule has 0 aliphatic carbocycles. The van der Waals surface area contributed by atoms with Gasteiger partial charge in [-0.1, -0.05) is 47.5 Å². The second-order valence-electron chi connectivity index (χ2n) is 7.30. The molecule has 4 aromatic rings. The third kappa shape index (κ3) is 5.50. The maximum absolute atomic E-state index is 12.4. The quantitative estimate of drug-likeness (QED) is 0.169. The Morgan fingerprint density at radius 1 is 1.03 bits per heavy atom. The Balaban J connectivity index is 1.42. The van der Waals surface area contributed by atoms with Crippen LogP contribution in [0.5, 0.6) is 0 Å². The van der Waals surface area contributed by atoms with Crippen LogP contribution >= 0.6 is 35.0 Å². The molecule has 0 saturated heterocycles. The summed E-state index contributed by atoms with van der Waals surface area (Å²) in [5.74, 6) is 0.484. The van der Waals surface area contributed by atoms with E-state index in [0.29, 0.717) is 28.7 Å². The Hall–Kier alpha value is -3.00. The smallest absolute Gasteiger partial charge is 0.269 e. The molecular weight excluding hydrogens is 481 g/mol. The fraction of sp³-hybridized carbons (Fsp3) is 0.125. The number of para-hydroxylation sites is 1. The van der Waals surface area contributed by atoms with Crippen LogP contribution in [0.4, 0.5) is 5.69 Å². The van der Waals surface area contributed by atoms with E-state index >= 15 is 0 Å². The SMILES string of the molecule is O=C(NCCn1cc(SCc2ccc(Cl)c(Cl)c2)c2ccccc21)c1ccc([N+](=O)[O-])cc1. The number of nitro benzene ring substituents is 1. The van der Waals surface area contributed by atoms with Crippen molar-refractivity contribution in [3.8, 4) is 0 Å². The molecule has 9 heteroatoms. The number of hydrogen-bond acceptors (Lipinski definition) is 4. The molecule has 168 valence electrons. The highest BCUT2D eigenvalue weighted by molar-refractivity contribution is 7.98. The lowest BCUT2D eigenvalue weighted by Crippen LogP contribution is -2.27. The number of aromatic nitrogens is 1. The summed E-state index contributed by atoms with van der Waals surface area (Å²) in [6, 6.07) is 19.3. The van der Waals surface area contributed by atoms with Crippen molar-refractivity contribution in [3.63, 3.8) is 0 Å². The van der Waals surface area contributed by atoms with Crippen LogP contribution in [0.3, 0.4) is 0 Å². The summed E-state index contributed by atoms with van der Waals surface area (Å²) in [6.07, 6.45) is 2.09. The van der Waals surface area contributed by atoms with Crippen molar-refractivity contribution in [2.45, 2.75) is 17.2 Å². The van der Waals surface area contributed by atoms with E-state index in [1.165, 1.54) is 24.3 Å². The van der Waals surface area contributed by atoms with E-state index in [9.17, 15) is 14.9 Å². The van der Waals surface area contributed by atoms with Crippen molar-refractivity contribution in [1.82, 2.24) is 9.88 Å². The normalized spacial score (nSPS) is 11.0. The molecule has 3 aromatic carbocycles. The summed E-state index contributed by atoms with van der Waals surface area (Å²) < 4.78 is 2.11. The number of hydrogen-bond donors (Lipinski definition) is 1. The highest BCUT2D eigenvalue weighted by Gasteiger charge is 2.12. The van der Waals surface area contributed by atoms with Crippen LogP contribution in [0.15, 0.2) is 77.8 Å². The van der Waals surface area contributed by atoms with E-state index in [1.807, 2.05) is 24.3 Å². The Labute approximate surface area is 204 Å². The Morgan fingerprint density at radius 2 is 1.79 bits per heavy atom. The third-order valence-corrected chi connectivity index (χ3v) is 6.96. The first-order chi connectivity index (χ1) is 15.9. The standard InChI is InChI=1S/C24H19Cl2N3O3S/c25-20-10-5-16(13-21(20)26)15-33-23-14-28(22-4-2-1-3-19(22)23)12-11-27-24(30)17-6-8-18(9-7-17)29(31)32/h1-10,13-14H,11-12,15H2,(H,27,30). The number of halogens is 2. The first kappa shape index (κ1) is 23.2. The van der Waals surface area contributed by atoms with Crippen molar-refractivity contribution in [3.05, 3.63) is 104 Å². The second kappa shape index (κ2) is 10.3. The number of carbonyl (C=O) groups is 1. The molecule has 0 bridgehead atoms. The van der Waals surface area contributed by atoms with Crippen LogP contribution < -0.4 is 5.32 Å². The second-order valence-corrected chi connectivity index (χ2v) is 9.13. The third-order valence-electron chi connectivity index (χ3n) is 5.11. The Morgan fingerprint density at radius 3 is 2.52 bits per heavy atom. The minimum absolute atomic E-state index is 0.0451. The molecule has 33 heavy (non-hydrogen) atoms. The lowest BCUT2D eigenvalue weighted by molar-refractivity contribution is -0.384. The van der Waals surface area contributed by atoms with Gasteiger partial charge in [0.25, 0.3) is 11.6 Å². The Bertz CT molecular complexity index is 1320. The van der Waals surface area contributed by atoms with Gasteiger partial charge in [0.15, 0.2) is 0 Å². The molecule has 1 amide bonds. The number of amides is 1. The monoisotopic (exact) mass is 499 g/mol. The van der Waals surface area contributed by atoms with Gasteiger partial charge < -0.3 is 9.88 Å². The summed E-state index contributed by atoms with van der Waals surface area (Å²) in [4.78, 5) is 23.8. The highest BCUT2D eigenvalue weighted by Crippen LogP contribution is 2.33. The van der Waals surface area contributed by atoms with Crippen LogP contribution in [-0.4, -0.2) is 21.9 Å². The predicted octanol–water partition coefficient (Wildman–Crippen LogP) is 6.58. The number of nitro groups is 1. The number of fused-ring (bicyclic) bond motifs is 1. The molecule has 1 heterocycles. The summed E-state index contributed by atoms with van der Waals surface area (Å²) in [7, 11) is 0. The van der Waals surface area contributed by atoms with E-state index < -0.39 is 4.92 Å². The topological polar surface area (TPSA) is 77.2 Å². The lowest BCUT2D eigenvalue weighted by atomic mass is 10.2. The molecule has 1 N–H and O–H groups in total. The molecule has 0 fully saturated rings. The molecule has 6 nitrogen and oxygen atoms in total. The number of benzene rings is 3. The Kier molecular flexibility index (Phi) is 7.23. The number of non-ortho nitro benzene ring substituents is 1. The van der Waals surface area contributed by atoms with Crippen LogP contribution in [-0.2, 0) is 12.3 Å². The number of thioether (sulfide) groups is 1. The van der Waals surface area contributed by atoms with Gasteiger partial charge in [0.05, 0.1) is 15.0 Å². The predicted molar refractivity (Wildman–Crippen MR) is 133 cm³/mol. The zero-order chi connectivity index (χ0) is 23.4. The number of carbonyl (C=O) groups excluding carboxylic acids is 1. The zero-order valence-electron chi connectivity index (χ0n) is 17.3. The molecule has 4 rings (SSSR count). The van der Waals surface area contributed by atoms with Crippen LogP contribution in [0.1, 0.15) is 15.9 Å². The van der Waals surface area contributed by atoms with E-state index in [4.69, 9.17) is 23.2 Å². The van der Waals surface area contributed by atoms with Gasteiger partial charge in [-0.05, 0) is 35.9 Å². The van der Waals surface area contributed by atoms with Gasteiger partial charge in [-0.3, -0.25) is 14.9 Å². The molecule has 1 aromatic heterocycles. The first-order valence-electron chi connectivity index (χ1n) is 10.1. The van der Waals surface area contributed by atoms with Crippen molar-refractivity contribution in [2.75, 3.05) is 6.54 Å². The molecule has 0 atom stereocenters. The molecule has 0 spiro atoms. The van der Waals surface area contributed by atoms with Crippen molar-refractivity contribution >= 4 is 57.5 Å². The van der Waals surface area contributed by atoms with Gasteiger partial charge in [-0.2, -0.15) is 0 Å². The average Bonchev–Trinajstić information content (AvgIpc) is 3.17. The van der Waals surface area contributed by atoms with Crippen molar-refractivity contribution in [1.29, 1.82) is 0 Å². The fourth-order valence-electron chi connectivity index (χ4n) is 3.43. The largest absolute Gasteiger partial charge is 0.350 e. The van der Waals surface area contributed by atoms with Crippen molar-refractivity contribution in [2.24, 2.45) is 0 Å². The highest BCUT2D eigenvalue weighted by atomic mass is 35.5. The summed E-state index contributed by atoms with van der Waals surface area (Å²) >= 11 is 13.9. The van der Waals surface area contributed by atoms with E-state index in [0.717, 1.165) is 27.1 Å². The number of rotatable bonds is 8. The molecule has 0 unspecified atom stereocenters. The van der Waals surface area contributed by atoms with Gasteiger partial charge in [0.1, 0.15) is 0 Å². The van der Waals surface area contributed by atoms with E-state index in [2.05, 4.69) is 28.2 Å². The first-order valence-corrected chi connectivity index (χ1v) is 11.8. The molecular formula is C24H19Cl2N3O3S. The number of nitrogens with one attached hydrogen (secondary N) is 1. The summed E-state index contributed by atoms with van der Waals surface area (Å²) in [5.41, 5.74) is 2.51. The maximum Gasteiger partial charge on any atom is 0.269 e. The number of nitrogens with zero attached hydrogens (tertiary/aromatic N) is 2. The van der Waals surface area contributed by atoms with Gasteiger partial charge in [-0.25, -0.2) is 0 Å². The summed E-state index contributed by atoms with van der Waals surface area (Å²) in [5, 5.41) is 15.9. The molecule has 0 radical (unpaired) electrons. The van der Waals surface area contributed by atoms with Crippen LogP contribution in [0.25, 0.3) is 10.9 Å². The molecule has 0 saturated carbocycles. The van der Waals surface area contributed by atoms with Crippen LogP contribution in [0, 0.1) is 10.1 Å². The van der Waals surface area contributed by atoms with E-state index in [1.54, 1.807) is 17.8 Å². The van der Waals surface area contributed by atoms with Gasteiger partial charge >= 0.3 is 0 Å². The van der Waals surface area contributed by atoms with E-state index in [-0.39, 0.29) is 11.6 Å². The average molecular weight is 500 g/mol. The lowest BCUT2D eigenvalue weighted by Gasteiger charge is -2.07. The van der Waals surface area contributed by atoms with Crippen molar-refractivity contribution < 1.29 is 9.72 Å². The van der Waals surface area contributed by atoms with Gasteiger partial charge in [0, 0.05) is 58.5 Å². The maximum atomic E-state index is 12.4. The zero-order valence-corrected chi connectivity index (χ0v) is 19.7. The fourth-order valence-corrected chi connectivity index (χ4v) is 4.78.